The Morgan fingerprint density at radius 3 is 1.68 bits per heavy atom. The Balaban J connectivity index is 0.000000191. The fourth-order valence-electron chi connectivity index (χ4n) is 1.08. The zero-order chi connectivity index (χ0) is 14.1. The molecule has 0 saturated carbocycles. The van der Waals surface area contributed by atoms with Gasteiger partial charge in [0, 0.05) is 30.4 Å². The monoisotopic (exact) mass is 260 g/mol. The SMILES string of the molecule is NNC(=O)c1ccncc1.O=C(O)c1ccncc1. The van der Waals surface area contributed by atoms with Crippen LogP contribution >= 0.6 is 0 Å². The van der Waals surface area contributed by atoms with Crippen molar-refractivity contribution in [2.45, 2.75) is 0 Å². The van der Waals surface area contributed by atoms with E-state index in [2.05, 4.69) is 9.97 Å². The standard InChI is InChI=1S/C6H7N3O.C6H5NO2/c7-9-6(10)5-1-3-8-4-2-5;8-6(9)5-1-3-7-4-2-5/h1-4H,7H2,(H,9,10);1-4H,(H,8,9). The quantitative estimate of drug-likeness (QED) is 0.410. The molecule has 0 spiro atoms. The molecule has 4 N–H and O–H groups in total. The van der Waals surface area contributed by atoms with Crippen LogP contribution in [0.3, 0.4) is 0 Å². The minimum Gasteiger partial charge on any atom is -0.478 e. The van der Waals surface area contributed by atoms with E-state index in [4.69, 9.17) is 10.9 Å². The summed E-state index contributed by atoms with van der Waals surface area (Å²) in [7, 11) is 0. The Kier molecular flexibility index (Phi) is 5.64. The second-order valence-corrected chi connectivity index (χ2v) is 3.25. The lowest BCUT2D eigenvalue weighted by molar-refractivity contribution is 0.0696. The van der Waals surface area contributed by atoms with E-state index in [1.165, 1.54) is 36.9 Å². The van der Waals surface area contributed by atoms with Crippen LogP contribution in [0.4, 0.5) is 0 Å². The number of hydrogen-bond donors (Lipinski definition) is 3. The first-order valence-corrected chi connectivity index (χ1v) is 5.19. The average Bonchev–Trinajstić information content (AvgIpc) is 2.49. The van der Waals surface area contributed by atoms with Crippen molar-refractivity contribution >= 4 is 11.9 Å². The van der Waals surface area contributed by atoms with Crippen LogP contribution in [0, 0.1) is 0 Å². The Bertz CT molecular complexity index is 531. The minimum atomic E-state index is -0.919. The Morgan fingerprint density at radius 2 is 1.37 bits per heavy atom. The van der Waals surface area contributed by atoms with Gasteiger partial charge in [-0.05, 0) is 24.3 Å². The van der Waals surface area contributed by atoms with Gasteiger partial charge in [0.25, 0.3) is 5.91 Å². The number of nitrogens with one attached hydrogen (secondary N) is 1. The van der Waals surface area contributed by atoms with Crippen molar-refractivity contribution in [3.63, 3.8) is 0 Å². The summed E-state index contributed by atoms with van der Waals surface area (Å²) in [6, 6.07) is 6.06. The summed E-state index contributed by atoms with van der Waals surface area (Å²) in [4.78, 5) is 28.3. The van der Waals surface area contributed by atoms with Crippen LogP contribution in [0.5, 0.6) is 0 Å². The number of carbonyl (C=O) groups excluding carboxylic acids is 1. The molecule has 2 aromatic heterocycles. The highest BCUT2D eigenvalue weighted by Gasteiger charge is 1.99. The summed E-state index contributed by atoms with van der Waals surface area (Å²) in [5.74, 6) is 3.66. The normalized spacial score (nSPS) is 8.89. The minimum absolute atomic E-state index is 0.269. The molecule has 0 aliphatic carbocycles. The van der Waals surface area contributed by atoms with Crippen LogP contribution in [0.25, 0.3) is 0 Å². The van der Waals surface area contributed by atoms with Gasteiger partial charge in [0.2, 0.25) is 0 Å². The van der Waals surface area contributed by atoms with Crippen LogP contribution in [-0.2, 0) is 0 Å². The molecule has 98 valence electrons. The highest BCUT2D eigenvalue weighted by atomic mass is 16.4. The Labute approximate surface area is 109 Å². The van der Waals surface area contributed by atoms with Gasteiger partial charge in [-0.3, -0.25) is 20.2 Å². The first-order valence-electron chi connectivity index (χ1n) is 5.19. The fourth-order valence-corrected chi connectivity index (χ4v) is 1.08. The molecule has 0 fully saturated rings. The number of nitrogen functional groups attached to an aromatic ring is 1. The number of hydrogen-bond acceptors (Lipinski definition) is 5. The third-order valence-corrected chi connectivity index (χ3v) is 2.00. The molecule has 0 bridgehead atoms. The number of pyridine rings is 2. The van der Waals surface area contributed by atoms with Crippen LogP contribution in [0.1, 0.15) is 20.7 Å². The number of rotatable bonds is 2. The highest BCUT2D eigenvalue weighted by Crippen LogP contribution is 1.94. The molecule has 2 heterocycles. The van der Waals surface area contributed by atoms with E-state index in [1.54, 1.807) is 12.1 Å². The summed E-state index contributed by atoms with van der Waals surface area (Å²) in [5.41, 5.74) is 2.79. The van der Waals surface area contributed by atoms with Crippen molar-refractivity contribution in [1.29, 1.82) is 0 Å². The molecule has 0 radical (unpaired) electrons. The second-order valence-electron chi connectivity index (χ2n) is 3.25. The van der Waals surface area contributed by atoms with Crippen LogP contribution < -0.4 is 11.3 Å². The van der Waals surface area contributed by atoms with E-state index >= 15 is 0 Å². The third-order valence-electron chi connectivity index (χ3n) is 2.00. The predicted molar refractivity (Wildman–Crippen MR) is 67.1 cm³/mol. The molecule has 0 atom stereocenters. The van der Waals surface area contributed by atoms with E-state index < -0.39 is 5.97 Å². The van der Waals surface area contributed by atoms with Crippen molar-refractivity contribution in [2.75, 3.05) is 0 Å². The lowest BCUT2D eigenvalue weighted by Crippen LogP contribution is -2.29. The number of hydrazine groups is 1. The summed E-state index contributed by atoms with van der Waals surface area (Å²) >= 11 is 0. The molecule has 2 rings (SSSR count). The molecule has 0 unspecified atom stereocenters. The van der Waals surface area contributed by atoms with E-state index in [1.807, 2.05) is 5.43 Å². The van der Waals surface area contributed by atoms with E-state index in [0.29, 0.717) is 5.56 Å². The van der Waals surface area contributed by atoms with E-state index in [9.17, 15) is 9.59 Å². The molecular formula is C12H12N4O3. The summed E-state index contributed by atoms with van der Waals surface area (Å²) in [6.45, 7) is 0. The Morgan fingerprint density at radius 1 is 0.947 bits per heavy atom. The van der Waals surface area contributed by atoms with Gasteiger partial charge in [0.15, 0.2) is 0 Å². The summed E-state index contributed by atoms with van der Waals surface area (Å²) in [5, 5.41) is 8.36. The first kappa shape index (κ1) is 14.3. The van der Waals surface area contributed by atoms with Gasteiger partial charge in [-0.1, -0.05) is 0 Å². The largest absolute Gasteiger partial charge is 0.478 e. The molecular weight excluding hydrogens is 248 g/mol. The maximum absolute atomic E-state index is 10.7. The van der Waals surface area contributed by atoms with Crippen molar-refractivity contribution in [3.8, 4) is 0 Å². The molecule has 0 aromatic carbocycles. The number of aromatic nitrogens is 2. The topological polar surface area (TPSA) is 118 Å². The maximum Gasteiger partial charge on any atom is 0.335 e. The first-order chi connectivity index (χ1) is 9.15. The third kappa shape index (κ3) is 4.92. The number of amides is 1. The summed E-state index contributed by atoms with van der Waals surface area (Å²) < 4.78 is 0. The zero-order valence-corrected chi connectivity index (χ0v) is 9.85. The molecule has 7 nitrogen and oxygen atoms in total. The van der Waals surface area contributed by atoms with Gasteiger partial charge in [0.05, 0.1) is 5.56 Å². The van der Waals surface area contributed by atoms with Gasteiger partial charge >= 0.3 is 5.97 Å². The van der Waals surface area contributed by atoms with Gasteiger partial charge in [0.1, 0.15) is 0 Å². The number of carbonyl (C=O) groups is 2. The predicted octanol–water partition coefficient (Wildman–Crippen LogP) is 0.465. The number of aromatic carboxylic acids is 1. The Hall–Kier alpha value is -2.80. The van der Waals surface area contributed by atoms with Crippen molar-refractivity contribution < 1.29 is 14.7 Å². The number of carboxylic acid groups (broad SMARTS) is 1. The lowest BCUT2D eigenvalue weighted by Gasteiger charge is -1.95. The number of nitrogens with two attached hydrogens (primary N) is 1. The van der Waals surface area contributed by atoms with Gasteiger partial charge in [-0.15, -0.1) is 0 Å². The van der Waals surface area contributed by atoms with Crippen LogP contribution in [0.2, 0.25) is 0 Å². The van der Waals surface area contributed by atoms with Crippen LogP contribution in [-0.4, -0.2) is 27.0 Å². The highest BCUT2D eigenvalue weighted by molar-refractivity contribution is 5.93. The average molecular weight is 260 g/mol. The number of carboxylic acids is 1. The maximum atomic E-state index is 10.7. The van der Waals surface area contributed by atoms with Crippen molar-refractivity contribution in [1.82, 2.24) is 15.4 Å². The molecule has 7 heteroatoms. The molecule has 1 amide bonds. The van der Waals surface area contributed by atoms with Gasteiger partial charge < -0.3 is 5.11 Å². The van der Waals surface area contributed by atoms with Gasteiger partial charge in [-0.2, -0.15) is 0 Å². The second kappa shape index (κ2) is 7.51. The smallest absolute Gasteiger partial charge is 0.335 e. The summed E-state index contributed by atoms with van der Waals surface area (Å²) in [6.07, 6.45) is 5.96. The lowest BCUT2D eigenvalue weighted by atomic mass is 10.3. The molecule has 0 saturated heterocycles. The van der Waals surface area contributed by atoms with E-state index in [0.717, 1.165) is 0 Å². The molecule has 0 aliphatic heterocycles. The van der Waals surface area contributed by atoms with E-state index in [-0.39, 0.29) is 11.5 Å². The molecule has 0 aliphatic rings. The number of nitrogens with zero attached hydrogens (tertiary/aromatic N) is 2. The zero-order valence-electron chi connectivity index (χ0n) is 9.85. The van der Waals surface area contributed by atoms with Crippen LogP contribution in [0.15, 0.2) is 49.1 Å². The van der Waals surface area contributed by atoms with Crippen molar-refractivity contribution in [2.24, 2.45) is 5.84 Å². The van der Waals surface area contributed by atoms with Gasteiger partial charge in [-0.25, -0.2) is 10.6 Å². The molecule has 2 aromatic rings. The van der Waals surface area contributed by atoms with Crippen molar-refractivity contribution in [3.05, 3.63) is 60.2 Å². The fraction of sp³-hybridized carbons (Fsp3) is 0. The molecule has 19 heavy (non-hydrogen) atoms.